The van der Waals surface area contributed by atoms with Crippen LogP contribution in [0.25, 0.3) is 0 Å². The topological polar surface area (TPSA) is 56.1 Å². The van der Waals surface area contributed by atoms with Crippen molar-refractivity contribution in [3.63, 3.8) is 0 Å². The quantitative estimate of drug-likeness (QED) is 0.355. The van der Waals surface area contributed by atoms with Gasteiger partial charge in [-0.15, -0.1) is 0 Å². The molecule has 0 aliphatic carbocycles. The van der Waals surface area contributed by atoms with Crippen molar-refractivity contribution in [3.05, 3.63) is 137 Å². The monoisotopic (exact) mass is 459 g/mol. The van der Waals surface area contributed by atoms with Gasteiger partial charge in [0.1, 0.15) is 23.5 Å². The van der Waals surface area contributed by atoms with Gasteiger partial charge in [0, 0.05) is 0 Å². The number of aliphatic imine (C=N–C) groups is 2. The fourth-order valence-electron chi connectivity index (χ4n) is 4.62. The van der Waals surface area contributed by atoms with Crippen molar-refractivity contribution in [2.45, 2.75) is 31.2 Å². The van der Waals surface area contributed by atoms with Gasteiger partial charge in [0.05, 0.1) is 6.04 Å². The van der Waals surface area contributed by atoms with Crippen LogP contribution in [0.5, 0.6) is 0 Å². The first-order valence-electron chi connectivity index (χ1n) is 11.9. The van der Waals surface area contributed by atoms with E-state index in [-0.39, 0.29) is 24.3 Å². The lowest BCUT2D eigenvalue weighted by Gasteiger charge is -2.18. The summed E-state index contributed by atoms with van der Waals surface area (Å²) in [7, 11) is 0. The van der Waals surface area contributed by atoms with Gasteiger partial charge >= 0.3 is 0 Å². The standard InChI is InChI=1S/C30H25N3O2/c1-20-27(22-14-7-3-8-15-22)34-29(31-20)24-18-11-19-25(32-24)30-33-26(21-12-5-2-6-13-21)28(35-30)23-16-9-4-10-17-23/h2-20,26-28H,1H3/t20-,26-,27-,28+/m0/s1. The van der Waals surface area contributed by atoms with Crippen LogP contribution in [-0.2, 0) is 9.47 Å². The van der Waals surface area contributed by atoms with Crippen LogP contribution in [0.4, 0.5) is 0 Å². The van der Waals surface area contributed by atoms with Gasteiger partial charge in [-0.05, 0) is 35.7 Å². The first-order chi connectivity index (χ1) is 17.3. The molecule has 0 spiro atoms. The molecule has 0 bridgehead atoms. The number of aromatic nitrogens is 1. The molecule has 0 saturated heterocycles. The number of ether oxygens (including phenoxy) is 2. The van der Waals surface area contributed by atoms with Crippen molar-refractivity contribution in [1.82, 2.24) is 4.98 Å². The summed E-state index contributed by atoms with van der Waals surface area (Å²) in [6, 6.07) is 36.3. The predicted octanol–water partition coefficient (Wildman–Crippen LogP) is 6.25. The van der Waals surface area contributed by atoms with Gasteiger partial charge in [-0.2, -0.15) is 0 Å². The summed E-state index contributed by atoms with van der Waals surface area (Å²) in [4.78, 5) is 14.6. The molecule has 2 aliphatic rings. The Morgan fingerprint density at radius 3 is 1.60 bits per heavy atom. The highest BCUT2D eigenvalue weighted by molar-refractivity contribution is 5.97. The molecule has 0 N–H and O–H groups in total. The number of pyridine rings is 1. The van der Waals surface area contributed by atoms with E-state index >= 15 is 0 Å². The third-order valence-corrected chi connectivity index (χ3v) is 6.36. The molecule has 5 nitrogen and oxygen atoms in total. The number of benzene rings is 3. The summed E-state index contributed by atoms with van der Waals surface area (Å²) in [5, 5.41) is 0. The van der Waals surface area contributed by atoms with Crippen molar-refractivity contribution in [3.8, 4) is 0 Å². The van der Waals surface area contributed by atoms with E-state index in [1.165, 1.54) is 0 Å². The molecule has 1 aromatic heterocycles. The van der Waals surface area contributed by atoms with E-state index in [0.29, 0.717) is 23.2 Å². The van der Waals surface area contributed by atoms with E-state index in [0.717, 1.165) is 16.7 Å². The third kappa shape index (κ3) is 4.21. The lowest BCUT2D eigenvalue weighted by atomic mass is 9.97. The van der Waals surface area contributed by atoms with E-state index < -0.39 is 0 Å². The van der Waals surface area contributed by atoms with Crippen LogP contribution in [0.1, 0.15) is 53.3 Å². The Bertz CT molecular complexity index is 1370. The Hall–Kier alpha value is -4.25. The molecule has 4 atom stereocenters. The van der Waals surface area contributed by atoms with Crippen molar-refractivity contribution >= 4 is 11.8 Å². The fourth-order valence-corrected chi connectivity index (χ4v) is 4.62. The molecule has 3 heterocycles. The summed E-state index contributed by atoms with van der Waals surface area (Å²) >= 11 is 0. The average molecular weight is 460 g/mol. The maximum absolute atomic E-state index is 6.44. The van der Waals surface area contributed by atoms with Gasteiger partial charge in [0.15, 0.2) is 6.10 Å². The minimum absolute atomic E-state index is 0.00264. The Morgan fingerprint density at radius 1 is 0.514 bits per heavy atom. The summed E-state index contributed by atoms with van der Waals surface area (Å²) < 4.78 is 12.7. The lowest BCUT2D eigenvalue weighted by molar-refractivity contribution is 0.196. The zero-order valence-corrected chi connectivity index (χ0v) is 19.4. The highest BCUT2D eigenvalue weighted by Gasteiger charge is 2.35. The molecule has 0 unspecified atom stereocenters. The van der Waals surface area contributed by atoms with E-state index in [9.17, 15) is 0 Å². The molecule has 2 aliphatic heterocycles. The van der Waals surface area contributed by atoms with Gasteiger partial charge in [-0.3, -0.25) is 0 Å². The molecule has 6 rings (SSSR count). The highest BCUT2D eigenvalue weighted by atomic mass is 16.5. The van der Waals surface area contributed by atoms with Crippen LogP contribution in [0, 0.1) is 0 Å². The highest BCUT2D eigenvalue weighted by Crippen LogP contribution is 2.41. The second-order valence-electron chi connectivity index (χ2n) is 8.77. The van der Waals surface area contributed by atoms with Crippen LogP contribution >= 0.6 is 0 Å². The third-order valence-electron chi connectivity index (χ3n) is 6.36. The predicted molar refractivity (Wildman–Crippen MR) is 136 cm³/mol. The van der Waals surface area contributed by atoms with Crippen LogP contribution in [0.3, 0.4) is 0 Å². The summed E-state index contributed by atoms with van der Waals surface area (Å²) in [5.41, 5.74) is 4.65. The van der Waals surface area contributed by atoms with Crippen LogP contribution in [0.2, 0.25) is 0 Å². The fraction of sp³-hybridized carbons (Fsp3) is 0.167. The van der Waals surface area contributed by atoms with Gasteiger partial charge in [-0.1, -0.05) is 97.1 Å². The van der Waals surface area contributed by atoms with Crippen LogP contribution < -0.4 is 0 Å². The zero-order chi connectivity index (χ0) is 23.6. The largest absolute Gasteiger partial charge is 0.466 e. The minimum atomic E-state index is -0.221. The lowest BCUT2D eigenvalue weighted by Crippen LogP contribution is -2.13. The van der Waals surface area contributed by atoms with Gasteiger partial charge < -0.3 is 9.47 Å². The number of hydrogen-bond donors (Lipinski definition) is 0. The summed E-state index contributed by atoms with van der Waals surface area (Å²) in [5.74, 6) is 1.08. The molecular formula is C30H25N3O2. The number of nitrogens with zero attached hydrogens (tertiary/aromatic N) is 3. The number of rotatable bonds is 5. The summed E-state index contributed by atoms with van der Waals surface area (Å²) in [6.45, 7) is 2.06. The smallest absolute Gasteiger partial charge is 0.236 e. The first kappa shape index (κ1) is 21.3. The van der Waals surface area contributed by atoms with E-state index in [2.05, 4.69) is 43.3 Å². The SMILES string of the molecule is C[C@@H]1N=C(c2cccc(C3=N[C@@H](c4ccccc4)[C@@H](c4ccccc4)O3)n2)O[C@@H]1c1ccccc1. The second-order valence-corrected chi connectivity index (χ2v) is 8.77. The molecule has 0 saturated carbocycles. The van der Waals surface area contributed by atoms with Gasteiger partial charge in [0.2, 0.25) is 11.8 Å². The molecule has 0 fully saturated rings. The van der Waals surface area contributed by atoms with Crippen LogP contribution in [-0.4, -0.2) is 22.8 Å². The maximum Gasteiger partial charge on any atom is 0.236 e. The second kappa shape index (κ2) is 9.18. The van der Waals surface area contributed by atoms with E-state index in [1.807, 2.05) is 72.8 Å². The number of hydrogen-bond acceptors (Lipinski definition) is 5. The average Bonchev–Trinajstić information content (AvgIpc) is 3.55. The maximum atomic E-state index is 6.44. The summed E-state index contributed by atoms with van der Waals surface area (Å²) in [6.07, 6.45) is -0.344. The zero-order valence-electron chi connectivity index (χ0n) is 19.4. The van der Waals surface area contributed by atoms with Gasteiger partial charge in [-0.25, -0.2) is 15.0 Å². The van der Waals surface area contributed by atoms with Crippen molar-refractivity contribution in [2.24, 2.45) is 9.98 Å². The molecule has 35 heavy (non-hydrogen) atoms. The molecule has 0 radical (unpaired) electrons. The molecule has 172 valence electrons. The molecule has 4 aromatic rings. The Kier molecular flexibility index (Phi) is 5.59. The molecule has 5 heteroatoms. The van der Waals surface area contributed by atoms with E-state index in [4.69, 9.17) is 24.4 Å². The van der Waals surface area contributed by atoms with E-state index in [1.54, 1.807) is 0 Å². The van der Waals surface area contributed by atoms with Crippen molar-refractivity contribution < 1.29 is 9.47 Å². The molecular weight excluding hydrogens is 434 g/mol. The van der Waals surface area contributed by atoms with Gasteiger partial charge in [0.25, 0.3) is 0 Å². The van der Waals surface area contributed by atoms with Crippen molar-refractivity contribution in [2.75, 3.05) is 0 Å². The normalized spacial score (nSPS) is 23.2. The first-order valence-corrected chi connectivity index (χ1v) is 11.9. The Labute approximate surface area is 204 Å². The Balaban J connectivity index is 1.30. The van der Waals surface area contributed by atoms with Crippen LogP contribution in [0.15, 0.2) is 119 Å². The molecule has 0 amide bonds. The Morgan fingerprint density at radius 2 is 1.00 bits per heavy atom. The molecule has 3 aromatic carbocycles. The minimum Gasteiger partial charge on any atom is -0.466 e. The van der Waals surface area contributed by atoms with Crippen molar-refractivity contribution in [1.29, 1.82) is 0 Å².